The number of ether oxygens (including phenoxy) is 1. The number of hydrogen-bond acceptors (Lipinski definition) is 3. The third-order valence-electron chi connectivity index (χ3n) is 2.18. The number of Topliss-reactive ketones (excluding diaryl/α,β-unsaturated/α-hetero) is 1. The minimum atomic E-state index is 0. The molecule has 0 fully saturated rings. The molecule has 96 valence electrons. The van der Waals surface area contributed by atoms with E-state index in [1.54, 1.807) is 6.92 Å². The molecule has 0 aliphatic heterocycles. The molecular formula is C13H20ClNO2. The molecule has 1 aromatic carbocycles. The number of nitrogens with zero attached hydrogens (tertiary/aromatic N) is 1. The van der Waals surface area contributed by atoms with Crippen molar-refractivity contribution in [2.45, 2.75) is 13.3 Å². The first kappa shape index (κ1) is 15.9. The largest absolute Gasteiger partial charge is 0.492 e. The lowest BCUT2D eigenvalue weighted by atomic mass is 10.1. The highest BCUT2D eigenvalue weighted by atomic mass is 35.5. The van der Waals surface area contributed by atoms with Gasteiger partial charge in [0.15, 0.2) is 0 Å². The van der Waals surface area contributed by atoms with Crippen LogP contribution < -0.4 is 4.74 Å². The number of hydrogen-bond donors (Lipinski definition) is 0. The summed E-state index contributed by atoms with van der Waals surface area (Å²) in [5.74, 6) is 1.04. The zero-order valence-electron chi connectivity index (χ0n) is 10.6. The van der Waals surface area contributed by atoms with Gasteiger partial charge >= 0.3 is 0 Å². The fraction of sp³-hybridized carbons (Fsp3) is 0.462. The Kier molecular flexibility index (Phi) is 7.59. The predicted octanol–water partition coefficient (Wildman–Crippen LogP) is 2.18. The average molecular weight is 258 g/mol. The van der Waals surface area contributed by atoms with E-state index in [-0.39, 0.29) is 18.2 Å². The molecule has 1 rings (SSSR count). The summed E-state index contributed by atoms with van der Waals surface area (Å²) in [7, 11) is 4.03. The van der Waals surface area contributed by atoms with Gasteiger partial charge in [-0.05, 0) is 38.7 Å². The fourth-order valence-corrected chi connectivity index (χ4v) is 1.34. The molecule has 0 N–H and O–H groups in total. The molecule has 0 saturated heterocycles. The Morgan fingerprint density at radius 1 is 1.24 bits per heavy atom. The van der Waals surface area contributed by atoms with Gasteiger partial charge in [0.1, 0.15) is 18.1 Å². The summed E-state index contributed by atoms with van der Waals surface area (Å²) in [4.78, 5) is 13.0. The number of likely N-dealkylation sites (N-methyl/N-ethyl adjacent to an activating group) is 1. The van der Waals surface area contributed by atoms with Crippen molar-refractivity contribution in [2.75, 3.05) is 27.2 Å². The van der Waals surface area contributed by atoms with E-state index in [1.807, 2.05) is 38.4 Å². The maximum absolute atomic E-state index is 10.9. The van der Waals surface area contributed by atoms with Crippen LogP contribution in [0.3, 0.4) is 0 Å². The number of rotatable bonds is 6. The zero-order valence-corrected chi connectivity index (χ0v) is 11.4. The minimum absolute atomic E-state index is 0. The molecule has 0 aliphatic carbocycles. The van der Waals surface area contributed by atoms with E-state index in [4.69, 9.17) is 4.74 Å². The van der Waals surface area contributed by atoms with Crippen LogP contribution in [0.2, 0.25) is 0 Å². The van der Waals surface area contributed by atoms with E-state index in [9.17, 15) is 4.79 Å². The van der Waals surface area contributed by atoms with Crippen LogP contribution in [0.15, 0.2) is 24.3 Å². The molecule has 0 unspecified atom stereocenters. The van der Waals surface area contributed by atoms with Crippen LogP contribution in [0.4, 0.5) is 0 Å². The quantitative estimate of drug-likeness (QED) is 0.782. The van der Waals surface area contributed by atoms with Gasteiger partial charge in [-0.25, -0.2) is 0 Å². The van der Waals surface area contributed by atoms with Crippen molar-refractivity contribution in [2.24, 2.45) is 0 Å². The molecule has 3 nitrogen and oxygen atoms in total. The first-order chi connectivity index (χ1) is 7.58. The van der Waals surface area contributed by atoms with E-state index in [0.29, 0.717) is 13.0 Å². The van der Waals surface area contributed by atoms with E-state index in [1.165, 1.54) is 0 Å². The van der Waals surface area contributed by atoms with Gasteiger partial charge in [0.2, 0.25) is 0 Å². The van der Waals surface area contributed by atoms with Gasteiger partial charge < -0.3 is 9.64 Å². The van der Waals surface area contributed by atoms with E-state index >= 15 is 0 Å². The third-order valence-corrected chi connectivity index (χ3v) is 2.18. The Morgan fingerprint density at radius 2 is 1.82 bits per heavy atom. The molecule has 0 saturated carbocycles. The molecule has 0 bridgehead atoms. The van der Waals surface area contributed by atoms with E-state index < -0.39 is 0 Å². The molecule has 0 spiro atoms. The van der Waals surface area contributed by atoms with Crippen molar-refractivity contribution in [3.63, 3.8) is 0 Å². The number of ketones is 1. The highest BCUT2D eigenvalue weighted by Gasteiger charge is 1.99. The Balaban J connectivity index is 0.00000256. The van der Waals surface area contributed by atoms with Crippen molar-refractivity contribution < 1.29 is 9.53 Å². The molecule has 0 aliphatic rings. The van der Waals surface area contributed by atoms with Gasteiger partial charge in [-0.2, -0.15) is 0 Å². The van der Waals surface area contributed by atoms with Crippen molar-refractivity contribution in [1.29, 1.82) is 0 Å². The standard InChI is InChI=1S/C13H19NO2.ClH/c1-11(15)10-12-4-6-13(7-5-12)16-9-8-14(2)3;/h4-7H,8-10H2,1-3H3;1H. The molecule has 0 aromatic heterocycles. The maximum atomic E-state index is 10.9. The summed E-state index contributed by atoms with van der Waals surface area (Å²) in [6.07, 6.45) is 0.498. The van der Waals surface area contributed by atoms with Gasteiger partial charge in [0.25, 0.3) is 0 Å². The van der Waals surface area contributed by atoms with Gasteiger partial charge in [-0.15, -0.1) is 12.4 Å². The Bertz CT molecular complexity index is 336. The summed E-state index contributed by atoms with van der Waals surface area (Å²) in [5.41, 5.74) is 1.03. The predicted molar refractivity (Wildman–Crippen MR) is 72.1 cm³/mol. The maximum Gasteiger partial charge on any atom is 0.134 e. The summed E-state index contributed by atoms with van der Waals surface area (Å²) in [5, 5.41) is 0. The molecule has 4 heteroatoms. The smallest absolute Gasteiger partial charge is 0.134 e. The van der Waals surface area contributed by atoms with Gasteiger partial charge in [0.05, 0.1) is 0 Å². The molecule has 1 aromatic rings. The van der Waals surface area contributed by atoms with E-state index in [0.717, 1.165) is 17.9 Å². The molecule has 0 heterocycles. The number of halogens is 1. The topological polar surface area (TPSA) is 29.5 Å². The second-order valence-electron chi connectivity index (χ2n) is 4.17. The SMILES string of the molecule is CC(=O)Cc1ccc(OCCN(C)C)cc1.Cl. The minimum Gasteiger partial charge on any atom is -0.492 e. The average Bonchev–Trinajstić information content (AvgIpc) is 2.19. The molecule has 0 atom stereocenters. The number of carbonyl (C=O) groups is 1. The van der Waals surface area contributed by atoms with Crippen molar-refractivity contribution in [1.82, 2.24) is 4.90 Å². The highest BCUT2D eigenvalue weighted by molar-refractivity contribution is 5.85. The first-order valence-electron chi connectivity index (χ1n) is 5.44. The Labute approximate surface area is 109 Å². The van der Waals surface area contributed by atoms with Gasteiger partial charge in [-0.1, -0.05) is 12.1 Å². The fourth-order valence-electron chi connectivity index (χ4n) is 1.34. The van der Waals surface area contributed by atoms with E-state index in [2.05, 4.69) is 4.90 Å². The normalized spacial score (nSPS) is 9.88. The lowest BCUT2D eigenvalue weighted by Crippen LogP contribution is -2.19. The Morgan fingerprint density at radius 3 is 2.29 bits per heavy atom. The molecule has 17 heavy (non-hydrogen) atoms. The number of benzene rings is 1. The second-order valence-corrected chi connectivity index (χ2v) is 4.17. The Hall–Kier alpha value is -1.06. The summed E-state index contributed by atoms with van der Waals surface area (Å²) >= 11 is 0. The lowest BCUT2D eigenvalue weighted by Gasteiger charge is -2.11. The lowest BCUT2D eigenvalue weighted by molar-refractivity contribution is -0.116. The van der Waals surface area contributed by atoms with Crippen LogP contribution in [0.1, 0.15) is 12.5 Å². The zero-order chi connectivity index (χ0) is 12.0. The number of carbonyl (C=O) groups excluding carboxylic acids is 1. The highest BCUT2D eigenvalue weighted by Crippen LogP contribution is 2.12. The molecule has 0 radical (unpaired) electrons. The van der Waals surface area contributed by atoms with Gasteiger partial charge in [0, 0.05) is 13.0 Å². The van der Waals surface area contributed by atoms with Crippen LogP contribution in [0, 0.1) is 0 Å². The second kappa shape index (κ2) is 8.09. The monoisotopic (exact) mass is 257 g/mol. The summed E-state index contributed by atoms with van der Waals surface area (Å²) in [6, 6.07) is 7.70. The molecular weight excluding hydrogens is 238 g/mol. The van der Waals surface area contributed by atoms with Gasteiger partial charge in [-0.3, -0.25) is 4.79 Å². The third kappa shape index (κ3) is 6.97. The molecule has 0 amide bonds. The van der Waals surface area contributed by atoms with Crippen LogP contribution in [0.5, 0.6) is 5.75 Å². The van der Waals surface area contributed by atoms with Crippen LogP contribution in [0.25, 0.3) is 0 Å². The van der Waals surface area contributed by atoms with Crippen LogP contribution in [-0.4, -0.2) is 37.9 Å². The summed E-state index contributed by atoms with van der Waals surface area (Å²) in [6.45, 7) is 3.18. The van der Waals surface area contributed by atoms with Crippen LogP contribution >= 0.6 is 12.4 Å². The van der Waals surface area contributed by atoms with Crippen LogP contribution in [-0.2, 0) is 11.2 Å². The first-order valence-corrected chi connectivity index (χ1v) is 5.44. The van der Waals surface area contributed by atoms with Crippen molar-refractivity contribution >= 4 is 18.2 Å². The van der Waals surface area contributed by atoms with Crippen molar-refractivity contribution in [3.05, 3.63) is 29.8 Å². The van der Waals surface area contributed by atoms with Crippen molar-refractivity contribution in [3.8, 4) is 5.75 Å². The summed E-state index contributed by atoms with van der Waals surface area (Å²) < 4.78 is 5.55.